The van der Waals surface area contributed by atoms with Crippen molar-refractivity contribution < 1.29 is 19.4 Å². The van der Waals surface area contributed by atoms with Crippen LogP contribution in [0.1, 0.15) is 63.9 Å². The molecule has 2 amide bonds. The number of urea groups is 1. The minimum absolute atomic E-state index is 0.00731. The number of hydrogen-bond acceptors (Lipinski definition) is 3. The van der Waals surface area contributed by atoms with Gasteiger partial charge in [-0.3, -0.25) is 9.69 Å². The summed E-state index contributed by atoms with van der Waals surface area (Å²) in [6.07, 6.45) is 8.26. The maximum Gasteiger partial charge on any atom is 0.321 e. The van der Waals surface area contributed by atoms with Crippen LogP contribution in [0.15, 0.2) is 42.5 Å². The predicted molar refractivity (Wildman–Crippen MR) is 137 cm³/mol. The molecule has 2 aromatic carbocycles. The number of aliphatic carboxylic acids is 1. The molecule has 0 radical (unpaired) electrons. The van der Waals surface area contributed by atoms with Gasteiger partial charge in [0.1, 0.15) is 0 Å². The minimum atomic E-state index is -0.863. The monoisotopic (exact) mass is 466 g/mol. The van der Waals surface area contributed by atoms with Crippen molar-refractivity contribution in [1.82, 2.24) is 5.32 Å². The average Bonchev–Trinajstić information content (AvgIpc) is 3.67. The van der Waals surface area contributed by atoms with E-state index in [1.54, 1.807) is 11.9 Å². The van der Waals surface area contributed by atoms with Gasteiger partial charge in [-0.15, -0.1) is 0 Å². The Balaban J connectivity index is 1.89. The van der Waals surface area contributed by atoms with E-state index in [1.165, 1.54) is 19.3 Å². The molecule has 0 spiro atoms. The Kier molecular flexibility index (Phi) is 9.80. The fraction of sp³-hybridized carbons (Fsp3) is 0.500. The van der Waals surface area contributed by atoms with E-state index in [1.807, 2.05) is 42.5 Å². The number of aryl methyl sites for hydroxylation is 1. The van der Waals surface area contributed by atoms with Crippen molar-refractivity contribution in [2.45, 2.75) is 64.7 Å². The van der Waals surface area contributed by atoms with Crippen molar-refractivity contribution in [3.8, 4) is 16.9 Å². The number of carboxylic acid groups (broad SMARTS) is 1. The smallest absolute Gasteiger partial charge is 0.321 e. The number of carbonyl (C=O) groups excluding carboxylic acids is 1. The standard InChI is InChI=1S/C28H38N2O4/c1-3-4-5-6-10-19-29-28(33)30(2)26-23(16-18-25(31)32)15-17-24(22-11-8-7-9-12-22)27(26)34-20-21-13-14-21/h7-9,11-12,15,17,21H,3-6,10,13-14,16,18-20H2,1-2H3,(H,29,33)(H,31,32). The third-order valence-corrected chi connectivity index (χ3v) is 6.26. The Morgan fingerprint density at radius 2 is 1.79 bits per heavy atom. The largest absolute Gasteiger partial charge is 0.490 e. The number of rotatable bonds is 14. The van der Waals surface area contributed by atoms with Crippen LogP contribution in [0, 0.1) is 5.92 Å². The van der Waals surface area contributed by atoms with Gasteiger partial charge in [0.25, 0.3) is 0 Å². The summed E-state index contributed by atoms with van der Waals surface area (Å²) in [7, 11) is 1.74. The zero-order valence-electron chi connectivity index (χ0n) is 20.5. The van der Waals surface area contributed by atoms with Crippen LogP contribution in [0.3, 0.4) is 0 Å². The first-order valence-electron chi connectivity index (χ1n) is 12.6. The van der Waals surface area contributed by atoms with Gasteiger partial charge in [0.15, 0.2) is 5.75 Å². The van der Waals surface area contributed by atoms with Gasteiger partial charge in [0, 0.05) is 25.6 Å². The molecule has 1 saturated carbocycles. The lowest BCUT2D eigenvalue weighted by atomic mass is 9.97. The van der Waals surface area contributed by atoms with Crippen LogP contribution in [0.2, 0.25) is 0 Å². The molecule has 0 aliphatic heterocycles. The third-order valence-electron chi connectivity index (χ3n) is 6.26. The second-order valence-electron chi connectivity index (χ2n) is 9.17. The molecule has 1 aliphatic rings. The van der Waals surface area contributed by atoms with Gasteiger partial charge in [-0.2, -0.15) is 0 Å². The lowest BCUT2D eigenvalue weighted by Gasteiger charge is -2.26. The summed E-state index contributed by atoms with van der Waals surface area (Å²) < 4.78 is 6.37. The second kappa shape index (κ2) is 13.0. The molecule has 0 bridgehead atoms. The molecule has 6 heteroatoms. The van der Waals surface area contributed by atoms with Gasteiger partial charge < -0.3 is 15.2 Å². The van der Waals surface area contributed by atoms with E-state index in [9.17, 15) is 14.7 Å². The van der Waals surface area contributed by atoms with Gasteiger partial charge in [0.05, 0.1) is 12.3 Å². The Bertz CT molecular complexity index is 941. The average molecular weight is 467 g/mol. The van der Waals surface area contributed by atoms with Crippen LogP contribution in [0.25, 0.3) is 11.1 Å². The van der Waals surface area contributed by atoms with Crippen LogP contribution in [-0.2, 0) is 11.2 Å². The molecule has 0 saturated heterocycles. The SMILES string of the molecule is CCCCCCCNC(=O)N(C)c1c(CCC(=O)O)ccc(-c2ccccc2)c1OCC1CC1. The number of carbonyl (C=O) groups is 2. The number of hydrogen-bond donors (Lipinski definition) is 2. The second-order valence-corrected chi connectivity index (χ2v) is 9.17. The van der Waals surface area contributed by atoms with Crippen LogP contribution in [0.5, 0.6) is 5.75 Å². The van der Waals surface area contributed by atoms with E-state index < -0.39 is 5.97 Å². The van der Waals surface area contributed by atoms with Gasteiger partial charge in [-0.25, -0.2) is 4.79 Å². The highest BCUT2D eigenvalue weighted by molar-refractivity contribution is 5.96. The molecule has 0 atom stereocenters. The Morgan fingerprint density at radius 1 is 1.06 bits per heavy atom. The fourth-order valence-corrected chi connectivity index (χ4v) is 4.04. The highest BCUT2D eigenvalue weighted by Gasteiger charge is 2.27. The highest BCUT2D eigenvalue weighted by atomic mass is 16.5. The molecular weight excluding hydrogens is 428 g/mol. The van der Waals surface area contributed by atoms with E-state index in [2.05, 4.69) is 12.2 Å². The Labute approximate surface area is 203 Å². The van der Waals surface area contributed by atoms with Crippen molar-refractivity contribution >= 4 is 17.7 Å². The maximum absolute atomic E-state index is 13.1. The molecule has 34 heavy (non-hydrogen) atoms. The molecule has 0 heterocycles. The van der Waals surface area contributed by atoms with Gasteiger partial charge in [-0.05, 0) is 42.7 Å². The highest BCUT2D eigenvalue weighted by Crippen LogP contribution is 2.43. The van der Waals surface area contributed by atoms with Crippen LogP contribution in [-0.4, -0.2) is 37.3 Å². The molecule has 6 nitrogen and oxygen atoms in total. The first-order chi connectivity index (χ1) is 16.5. The normalized spacial score (nSPS) is 12.9. The lowest BCUT2D eigenvalue weighted by Crippen LogP contribution is -2.38. The molecule has 0 aromatic heterocycles. The van der Waals surface area contributed by atoms with Crippen LogP contribution >= 0.6 is 0 Å². The zero-order valence-corrected chi connectivity index (χ0v) is 20.5. The molecule has 1 aliphatic carbocycles. The summed E-state index contributed by atoms with van der Waals surface area (Å²) in [4.78, 5) is 26.0. The molecule has 184 valence electrons. The first-order valence-corrected chi connectivity index (χ1v) is 12.6. The summed E-state index contributed by atoms with van der Waals surface area (Å²) >= 11 is 0. The number of benzene rings is 2. The third kappa shape index (κ3) is 7.51. The summed E-state index contributed by atoms with van der Waals surface area (Å²) in [6.45, 7) is 3.40. The molecular formula is C28H38N2O4. The van der Waals surface area contributed by atoms with Gasteiger partial charge >= 0.3 is 12.0 Å². The molecule has 2 N–H and O–H groups in total. The van der Waals surface area contributed by atoms with E-state index in [4.69, 9.17) is 4.74 Å². The fourth-order valence-electron chi connectivity index (χ4n) is 4.04. The van der Waals surface area contributed by atoms with Crippen molar-refractivity contribution in [3.05, 3.63) is 48.0 Å². The number of anilines is 1. The van der Waals surface area contributed by atoms with Crippen LogP contribution in [0.4, 0.5) is 10.5 Å². The van der Waals surface area contributed by atoms with E-state index in [-0.39, 0.29) is 12.5 Å². The molecule has 3 rings (SSSR count). The number of unbranched alkanes of at least 4 members (excludes halogenated alkanes) is 4. The lowest BCUT2D eigenvalue weighted by molar-refractivity contribution is -0.136. The van der Waals surface area contributed by atoms with Crippen molar-refractivity contribution in [3.63, 3.8) is 0 Å². The van der Waals surface area contributed by atoms with E-state index >= 15 is 0 Å². The zero-order chi connectivity index (χ0) is 24.3. The molecule has 2 aromatic rings. The summed E-state index contributed by atoms with van der Waals surface area (Å²) in [5, 5.41) is 12.3. The van der Waals surface area contributed by atoms with Gasteiger partial charge in [-0.1, -0.05) is 75.1 Å². The first kappa shape index (κ1) is 25.6. The topological polar surface area (TPSA) is 78.9 Å². The van der Waals surface area contributed by atoms with E-state index in [0.717, 1.165) is 42.4 Å². The number of carboxylic acids is 1. The quantitative estimate of drug-likeness (QED) is 0.321. The van der Waals surface area contributed by atoms with E-state index in [0.29, 0.717) is 36.9 Å². The number of nitrogens with one attached hydrogen (secondary N) is 1. The number of nitrogens with zero attached hydrogens (tertiary/aromatic N) is 1. The van der Waals surface area contributed by atoms with Gasteiger partial charge in [0.2, 0.25) is 0 Å². The van der Waals surface area contributed by atoms with Crippen molar-refractivity contribution in [1.29, 1.82) is 0 Å². The number of amides is 2. The molecule has 0 unspecified atom stereocenters. The maximum atomic E-state index is 13.1. The van der Waals surface area contributed by atoms with Crippen molar-refractivity contribution in [2.24, 2.45) is 5.92 Å². The Morgan fingerprint density at radius 3 is 2.47 bits per heavy atom. The summed E-state index contributed by atoms with van der Waals surface area (Å²) in [5.41, 5.74) is 3.37. The molecule has 1 fully saturated rings. The predicted octanol–water partition coefficient (Wildman–Crippen LogP) is 6.28. The van der Waals surface area contributed by atoms with Crippen LogP contribution < -0.4 is 15.0 Å². The number of ether oxygens (including phenoxy) is 1. The minimum Gasteiger partial charge on any atom is -0.490 e. The Hall–Kier alpha value is -3.02. The van der Waals surface area contributed by atoms with Crippen molar-refractivity contribution in [2.75, 3.05) is 25.1 Å². The summed E-state index contributed by atoms with van der Waals surface area (Å²) in [5.74, 6) is 0.334. The summed E-state index contributed by atoms with van der Waals surface area (Å²) in [6, 6.07) is 13.7.